The van der Waals surface area contributed by atoms with Crippen LogP contribution in [-0.4, -0.2) is 37.6 Å². The predicted molar refractivity (Wildman–Crippen MR) is 127 cm³/mol. The van der Waals surface area contributed by atoms with Crippen molar-refractivity contribution in [2.75, 3.05) is 23.7 Å². The lowest BCUT2D eigenvalue weighted by Gasteiger charge is -2.19. The van der Waals surface area contributed by atoms with E-state index in [9.17, 15) is 18.0 Å². The van der Waals surface area contributed by atoms with Gasteiger partial charge in [-0.2, -0.15) is 4.31 Å². The molecule has 170 valence electrons. The normalized spacial score (nSPS) is 15.3. The fourth-order valence-corrected chi connectivity index (χ4v) is 5.17. The highest BCUT2D eigenvalue weighted by molar-refractivity contribution is 7.89. The minimum absolute atomic E-state index is 0.217. The molecule has 1 fully saturated rings. The molecule has 3 rings (SSSR count). The Hall–Kier alpha value is -2.68. The zero-order chi connectivity index (χ0) is 23.1. The van der Waals surface area contributed by atoms with Crippen molar-refractivity contribution in [1.82, 2.24) is 4.31 Å². The molecule has 0 bridgehead atoms. The van der Waals surface area contributed by atoms with Crippen molar-refractivity contribution in [2.45, 2.75) is 37.5 Å². The van der Waals surface area contributed by atoms with Crippen LogP contribution >= 0.6 is 11.6 Å². The number of nitrogens with zero attached hydrogens (tertiary/aromatic N) is 1. The van der Waals surface area contributed by atoms with Crippen LogP contribution in [0.2, 0.25) is 5.02 Å². The smallest absolute Gasteiger partial charge is 0.248 e. The molecule has 7 nitrogen and oxygen atoms in total. The van der Waals surface area contributed by atoms with E-state index in [2.05, 4.69) is 10.6 Å². The molecular weight excluding hydrogens is 450 g/mol. The lowest BCUT2D eigenvalue weighted by atomic mass is 10.2. The van der Waals surface area contributed by atoms with Gasteiger partial charge < -0.3 is 10.6 Å². The van der Waals surface area contributed by atoms with Gasteiger partial charge >= 0.3 is 0 Å². The molecule has 1 heterocycles. The molecule has 1 aliphatic rings. The number of carbonyl (C=O) groups is 2. The van der Waals surface area contributed by atoms with Crippen LogP contribution in [0.4, 0.5) is 11.4 Å². The monoisotopic (exact) mass is 475 g/mol. The third-order valence-electron chi connectivity index (χ3n) is 5.06. The maximum atomic E-state index is 12.8. The summed E-state index contributed by atoms with van der Waals surface area (Å²) in [6.45, 7) is 2.50. The first-order chi connectivity index (χ1) is 15.3. The Morgan fingerprint density at radius 3 is 2.22 bits per heavy atom. The van der Waals surface area contributed by atoms with Gasteiger partial charge in [0.25, 0.3) is 0 Å². The molecule has 2 aromatic rings. The van der Waals surface area contributed by atoms with Gasteiger partial charge in [0.2, 0.25) is 21.8 Å². The molecule has 1 aliphatic heterocycles. The fourth-order valence-electron chi connectivity index (χ4n) is 3.43. The fraction of sp³-hybridized carbons (Fsp3) is 0.304. The van der Waals surface area contributed by atoms with Crippen molar-refractivity contribution >= 4 is 50.9 Å². The van der Waals surface area contributed by atoms with Gasteiger partial charge in [-0.1, -0.05) is 36.6 Å². The second kappa shape index (κ2) is 10.8. The van der Waals surface area contributed by atoms with Crippen LogP contribution < -0.4 is 10.6 Å². The van der Waals surface area contributed by atoms with Crippen LogP contribution in [0.25, 0.3) is 6.08 Å². The molecule has 0 spiro atoms. The lowest BCUT2D eigenvalue weighted by molar-refractivity contribution is -0.114. The van der Waals surface area contributed by atoms with Crippen molar-refractivity contribution in [2.24, 2.45) is 0 Å². The lowest BCUT2D eigenvalue weighted by Crippen LogP contribution is -2.31. The maximum Gasteiger partial charge on any atom is 0.248 e. The van der Waals surface area contributed by atoms with Gasteiger partial charge in [0, 0.05) is 31.8 Å². The molecule has 0 aromatic heterocycles. The van der Waals surface area contributed by atoms with Gasteiger partial charge in [-0.05, 0) is 54.8 Å². The van der Waals surface area contributed by atoms with Crippen LogP contribution in [0.3, 0.4) is 0 Å². The molecule has 0 saturated carbocycles. The summed E-state index contributed by atoms with van der Waals surface area (Å²) in [7, 11) is -3.50. The minimum atomic E-state index is -3.50. The number of nitrogens with one attached hydrogen (secondary N) is 2. The summed E-state index contributed by atoms with van der Waals surface area (Å²) < 4.78 is 27.2. The Labute approximate surface area is 193 Å². The van der Waals surface area contributed by atoms with Crippen molar-refractivity contribution in [1.29, 1.82) is 0 Å². The standard InChI is InChI=1S/C23H26ClN3O4S/c1-17(28)25-19-9-12-22(21(24)16-19)26-23(29)13-8-18-6-10-20(11-7-18)32(30,31)27-14-4-2-3-5-15-27/h6-13,16H,2-5,14-15H2,1H3,(H,25,28)(H,26,29)/b13-8+. The van der Waals surface area contributed by atoms with Gasteiger partial charge in [-0.3, -0.25) is 9.59 Å². The van der Waals surface area contributed by atoms with E-state index in [-0.39, 0.29) is 16.7 Å². The summed E-state index contributed by atoms with van der Waals surface area (Å²) >= 11 is 6.16. The Bertz CT molecular complexity index is 1110. The van der Waals surface area contributed by atoms with Crippen molar-refractivity contribution in [3.05, 3.63) is 59.1 Å². The summed E-state index contributed by atoms with van der Waals surface area (Å²) in [6, 6.07) is 11.3. The Morgan fingerprint density at radius 1 is 0.969 bits per heavy atom. The van der Waals surface area contributed by atoms with Gasteiger partial charge in [0.15, 0.2) is 0 Å². The van der Waals surface area contributed by atoms with E-state index in [1.165, 1.54) is 13.0 Å². The first-order valence-corrected chi connectivity index (χ1v) is 12.2. The van der Waals surface area contributed by atoms with Crippen molar-refractivity contribution in [3.8, 4) is 0 Å². The number of carbonyl (C=O) groups excluding carboxylic acids is 2. The van der Waals surface area contributed by atoms with E-state index < -0.39 is 10.0 Å². The summed E-state index contributed by atoms with van der Waals surface area (Å²) in [5.41, 5.74) is 1.64. The highest BCUT2D eigenvalue weighted by Gasteiger charge is 2.24. The van der Waals surface area contributed by atoms with Gasteiger partial charge in [-0.25, -0.2) is 8.42 Å². The molecule has 2 amide bonds. The van der Waals surface area contributed by atoms with E-state index in [1.807, 2.05) is 0 Å². The highest BCUT2D eigenvalue weighted by Crippen LogP contribution is 2.26. The summed E-state index contributed by atoms with van der Waals surface area (Å²) in [6.07, 6.45) is 6.82. The molecule has 32 heavy (non-hydrogen) atoms. The molecule has 0 unspecified atom stereocenters. The van der Waals surface area contributed by atoms with Gasteiger partial charge in [0.05, 0.1) is 15.6 Å². The van der Waals surface area contributed by atoms with Crippen molar-refractivity contribution < 1.29 is 18.0 Å². The number of hydrogen-bond acceptors (Lipinski definition) is 4. The molecule has 0 atom stereocenters. The van der Waals surface area contributed by atoms with Gasteiger partial charge in [-0.15, -0.1) is 0 Å². The van der Waals surface area contributed by atoms with Crippen LogP contribution in [0, 0.1) is 0 Å². The second-order valence-electron chi connectivity index (χ2n) is 7.59. The highest BCUT2D eigenvalue weighted by atomic mass is 35.5. The van der Waals surface area contributed by atoms with Crippen LogP contribution in [0.5, 0.6) is 0 Å². The van der Waals surface area contributed by atoms with E-state index in [0.717, 1.165) is 25.7 Å². The molecule has 9 heteroatoms. The van der Waals surface area contributed by atoms with E-state index in [0.29, 0.717) is 35.1 Å². The quantitative estimate of drug-likeness (QED) is 0.600. The summed E-state index contributed by atoms with van der Waals surface area (Å²) in [4.78, 5) is 23.6. The largest absolute Gasteiger partial charge is 0.326 e. The van der Waals surface area contributed by atoms with E-state index >= 15 is 0 Å². The molecule has 2 aromatic carbocycles. The van der Waals surface area contributed by atoms with Crippen LogP contribution in [-0.2, 0) is 19.6 Å². The minimum Gasteiger partial charge on any atom is -0.326 e. The number of benzene rings is 2. The van der Waals surface area contributed by atoms with Crippen molar-refractivity contribution in [3.63, 3.8) is 0 Å². The third kappa shape index (κ3) is 6.41. The molecular formula is C23H26ClN3O4S. The first-order valence-electron chi connectivity index (χ1n) is 10.4. The average molecular weight is 476 g/mol. The van der Waals surface area contributed by atoms with E-state index in [4.69, 9.17) is 11.6 Å². The Kier molecular flexibility index (Phi) is 8.06. The topological polar surface area (TPSA) is 95.6 Å². The summed E-state index contributed by atoms with van der Waals surface area (Å²) in [5, 5.41) is 5.58. The first kappa shape index (κ1) is 24.0. The SMILES string of the molecule is CC(=O)Nc1ccc(NC(=O)/C=C/c2ccc(S(=O)(=O)N3CCCCCC3)cc2)c(Cl)c1. The number of rotatable bonds is 6. The number of sulfonamides is 1. The van der Waals surface area contributed by atoms with Gasteiger partial charge in [0.1, 0.15) is 0 Å². The molecule has 0 aliphatic carbocycles. The molecule has 0 radical (unpaired) electrons. The number of halogens is 1. The summed E-state index contributed by atoms with van der Waals surface area (Å²) in [5.74, 6) is -0.605. The Balaban J connectivity index is 1.63. The zero-order valence-electron chi connectivity index (χ0n) is 17.8. The molecule has 2 N–H and O–H groups in total. The predicted octanol–water partition coefficient (Wildman–Crippen LogP) is 4.52. The zero-order valence-corrected chi connectivity index (χ0v) is 19.4. The van der Waals surface area contributed by atoms with E-state index in [1.54, 1.807) is 52.8 Å². The number of anilines is 2. The maximum absolute atomic E-state index is 12.8. The number of amides is 2. The van der Waals surface area contributed by atoms with Crippen LogP contribution in [0.1, 0.15) is 38.2 Å². The van der Waals surface area contributed by atoms with Crippen LogP contribution in [0.15, 0.2) is 53.4 Å². The number of hydrogen-bond donors (Lipinski definition) is 2. The second-order valence-corrected chi connectivity index (χ2v) is 9.93. The third-order valence-corrected chi connectivity index (χ3v) is 7.28. The Morgan fingerprint density at radius 2 is 1.62 bits per heavy atom. The average Bonchev–Trinajstić information content (AvgIpc) is 3.04. The molecule has 1 saturated heterocycles.